The second-order valence-corrected chi connectivity index (χ2v) is 4.25. The zero-order valence-corrected chi connectivity index (χ0v) is 8.41. The Morgan fingerprint density at radius 2 is 2.58 bits per heavy atom. The van der Waals surface area contributed by atoms with Gasteiger partial charge in [0.15, 0.2) is 0 Å². The van der Waals surface area contributed by atoms with Gasteiger partial charge < -0.3 is 4.74 Å². The summed E-state index contributed by atoms with van der Waals surface area (Å²) in [4.78, 5) is 10.9. The molecule has 1 rings (SSSR count). The van der Waals surface area contributed by atoms with E-state index in [-0.39, 0.29) is 5.97 Å². The van der Waals surface area contributed by atoms with Crippen molar-refractivity contribution in [2.75, 3.05) is 12.4 Å². The molecule has 2 nitrogen and oxygen atoms in total. The van der Waals surface area contributed by atoms with Crippen molar-refractivity contribution in [1.82, 2.24) is 0 Å². The summed E-state index contributed by atoms with van der Waals surface area (Å²) in [5.41, 5.74) is 0. The fourth-order valence-electron chi connectivity index (χ4n) is 0.678. The number of carbonyl (C=O) groups is 1. The van der Waals surface area contributed by atoms with Crippen LogP contribution in [0.1, 0.15) is 6.92 Å². The maximum atomic E-state index is 10.9. The van der Waals surface area contributed by atoms with Crippen molar-refractivity contribution in [3.05, 3.63) is 17.5 Å². The molecule has 0 radical (unpaired) electrons. The minimum Gasteiger partial charge on any atom is -0.465 e. The van der Waals surface area contributed by atoms with Crippen LogP contribution in [0.4, 0.5) is 0 Å². The fraction of sp³-hybridized carbons (Fsp3) is 0.375. The fourth-order valence-corrected chi connectivity index (χ4v) is 2.26. The number of hydrogen-bond acceptors (Lipinski definition) is 4. The quantitative estimate of drug-likeness (QED) is 0.554. The molecule has 0 aliphatic heterocycles. The van der Waals surface area contributed by atoms with Crippen molar-refractivity contribution in [3.63, 3.8) is 0 Å². The Kier molecular flexibility index (Phi) is 4.18. The summed E-state index contributed by atoms with van der Waals surface area (Å²) in [5, 5.41) is 1.99. The third-order valence-electron chi connectivity index (χ3n) is 1.13. The molecule has 0 bridgehead atoms. The van der Waals surface area contributed by atoms with Crippen LogP contribution in [-0.4, -0.2) is 18.3 Å². The Labute approximate surface area is 79.9 Å². The minimum atomic E-state index is -0.143. The lowest BCUT2D eigenvalue weighted by atomic mass is 10.7. The van der Waals surface area contributed by atoms with Gasteiger partial charge in [-0.1, -0.05) is 6.07 Å². The Bertz CT molecular complexity index is 231. The maximum absolute atomic E-state index is 10.9. The molecule has 1 aromatic heterocycles. The number of thioether (sulfide) groups is 1. The van der Waals surface area contributed by atoms with Crippen LogP contribution in [0.25, 0.3) is 0 Å². The summed E-state index contributed by atoms with van der Waals surface area (Å²) < 4.78 is 5.94. The highest BCUT2D eigenvalue weighted by Crippen LogP contribution is 2.22. The SMILES string of the molecule is CCOC(=O)CSc1cccs1. The van der Waals surface area contributed by atoms with Gasteiger partial charge in [-0.15, -0.1) is 23.1 Å². The van der Waals surface area contributed by atoms with E-state index in [1.165, 1.54) is 11.8 Å². The number of carbonyl (C=O) groups excluding carboxylic acids is 1. The predicted octanol–water partition coefficient (Wildman–Crippen LogP) is 2.40. The van der Waals surface area contributed by atoms with Gasteiger partial charge in [0, 0.05) is 0 Å². The van der Waals surface area contributed by atoms with Crippen LogP contribution < -0.4 is 0 Å². The third-order valence-corrected chi connectivity index (χ3v) is 3.24. The largest absolute Gasteiger partial charge is 0.465 e. The molecule has 0 aliphatic carbocycles. The number of rotatable bonds is 4. The van der Waals surface area contributed by atoms with E-state index in [1.54, 1.807) is 11.3 Å². The number of hydrogen-bond donors (Lipinski definition) is 0. The Balaban J connectivity index is 2.22. The van der Waals surface area contributed by atoms with E-state index in [0.29, 0.717) is 12.4 Å². The zero-order chi connectivity index (χ0) is 8.81. The standard InChI is InChI=1S/C8H10O2S2/c1-2-10-7(9)6-12-8-4-3-5-11-8/h3-5H,2,6H2,1H3. The summed E-state index contributed by atoms with van der Waals surface area (Å²) in [6, 6.07) is 3.96. The molecule has 1 aromatic rings. The van der Waals surface area contributed by atoms with E-state index in [2.05, 4.69) is 0 Å². The van der Waals surface area contributed by atoms with Gasteiger partial charge in [0.25, 0.3) is 0 Å². The summed E-state index contributed by atoms with van der Waals surface area (Å²) in [6.45, 7) is 2.28. The summed E-state index contributed by atoms with van der Waals surface area (Å²) in [6.07, 6.45) is 0. The number of thiophene rings is 1. The lowest BCUT2D eigenvalue weighted by Gasteiger charge is -1.98. The van der Waals surface area contributed by atoms with Gasteiger partial charge >= 0.3 is 5.97 Å². The molecular weight excluding hydrogens is 192 g/mol. The topological polar surface area (TPSA) is 26.3 Å². The molecule has 66 valence electrons. The zero-order valence-electron chi connectivity index (χ0n) is 6.78. The summed E-state index contributed by atoms with van der Waals surface area (Å²) in [7, 11) is 0. The van der Waals surface area contributed by atoms with Gasteiger partial charge in [0.1, 0.15) is 0 Å². The molecule has 0 aromatic carbocycles. The minimum absolute atomic E-state index is 0.143. The normalized spacial score (nSPS) is 9.75. The van der Waals surface area contributed by atoms with E-state index in [1.807, 2.05) is 24.4 Å². The van der Waals surface area contributed by atoms with Crippen LogP contribution in [0.2, 0.25) is 0 Å². The van der Waals surface area contributed by atoms with E-state index < -0.39 is 0 Å². The second-order valence-electron chi connectivity index (χ2n) is 2.03. The number of esters is 1. The van der Waals surface area contributed by atoms with Gasteiger partial charge in [0.2, 0.25) is 0 Å². The van der Waals surface area contributed by atoms with Crippen molar-refractivity contribution in [1.29, 1.82) is 0 Å². The van der Waals surface area contributed by atoms with Gasteiger partial charge in [-0.3, -0.25) is 4.79 Å². The third kappa shape index (κ3) is 3.28. The molecule has 0 atom stereocenters. The maximum Gasteiger partial charge on any atom is 0.316 e. The highest BCUT2D eigenvalue weighted by molar-refractivity contribution is 8.01. The highest BCUT2D eigenvalue weighted by Gasteiger charge is 2.02. The van der Waals surface area contributed by atoms with E-state index in [4.69, 9.17) is 4.74 Å². The van der Waals surface area contributed by atoms with Gasteiger partial charge in [0.05, 0.1) is 16.6 Å². The van der Waals surface area contributed by atoms with Crippen molar-refractivity contribution in [2.45, 2.75) is 11.1 Å². The molecule has 0 fully saturated rings. The molecule has 0 amide bonds. The summed E-state index contributed by atoms with van der Waals surface area (Å²) >= 11 is 3.16. The molecule has 0 unspecified atom stereocenters. The molecule has 0 N–H and O–H groups in total. The molecule has 1 heterocycles. The monoisotopic (exact) mass is 202 g/mol. The highest BCUT2D eigenvalue weighted by atomic mass is 32.2. The van der Waals surface area contributed by atoms with Crippen molar-refractivity contribution < 1.29 is 9.53 Å². The van der Waals surface area contributed by atoms with Crippen molar-refractivity contribution in [2.24, 2.45) is 0 Å². The Morgan fingerprint density at radius 3 is 3.17 bits per heavy atom. The van der Waals surface area contributed by atoms with Crippen molar-refractivity contribution in [3.8, 4) is 0 Å². The van der Waals surface area contributed by atoms with Crippen LogP contribution in [0, 0.1) is 0 Å². The van der Waals surface area contributed by atoms with Gasteiger partial charge in [-0.2, -0.15) is 0 Å². The molecule has 0 aliphatic rings. The van der Waals surface area contributed by atoms with Gasteiger partial charge in [-0.05, 0) is 18.4 Å². The average Bonchev–Trinajstić information content (AvgIpc) is 2.53. The molecule has 4 heteroatoms. The first-order valence-corrected chi connectivity index (χ1v) is 5.51. The molecule has 12 heavy (non-hydrogen) atoms. The molecule has 0 spiro atoms. The van der Waals surface area contributed by atoms with Crippen LogP contribution >= 0.6 is 23.1 Å². The Hall–Kier alpha value is -0.480. The first-order valence-electron chi connectivity index (χ1n) is 3.65. The lowest BCUT2D eigenvalue weighted by Crippen LogP contribution is -2.05. The molecule has 0 saturated heterocycles. The first-order chi connectivity index (χ1) is 5.83. The van der Waals surface area contributed by atoms with E-state index in [9.17, 15) is 4.79 Å². The molecular formula is C8H10O2S2. The predicted molar refractivity (Wildman–Crippen MR) is 51.7 cm³/mol. The number of ether oxygens (including phenoxy) is 1. The van der Waals surface area contributed by atoms with Gasteiger partial charge in [-0.25, -0.2) is 0 Å². The smallest absolute Gasteiger partial charge is 0.316 e. The van der Waals surface area contributed by atoms with Crippen LogP contribution in [0.15, 0.2) is 21.7 Å². The Morgan fingerprint density at radius 1 is 1.75 bits per heavy atom. The average molecular weight is 202 g/mol. The first kappa shape index (κ1) is 9.61. The lowest BCUT2D eigenvalue weighted by molar-refractivity contribution is -0.139. The van der Waals surface area contributed by atoms with E-state index in [0.717, 1.165) is 4.21 Å². The van der Waals surface area contributed by atoms with Crippen LogP contribution in [-0.2, 0) is 9.53 Å². The second kappa shape index (κ2) is 5.22. The van der Waals surface area contributed by atoms with E-state index >= 15 is 0 Å². The summed E-state index contributed by atoms with van der Waals surface area (Å²) in [5.74, 6) is 0.268. The molecule has 0 saturated carbocycles. The van der Waals surface area contributed by atoms with Crippen LogP contribution in [0.5, 0.6) is 0 Å². The van der Waals surface area contributed by atoms with Crippen LogP contribution in [0.3, 0.4) is 0 Å². The van der Waals surface area contributed by atoms with Crippen molar-refractivity contribution >= 4 is 29.1 Å².